The zero-order valence-corrected chi connectivity index (χ0v) is 14.9. The summed E-state index contributed by atoms with van der Waals surface area (Å²) in [7, 11) is 0. The largest absolute Gasteiger partial charge is 0.481 e. The summed E-state index contributed by atoms with van der Waals surface area (Å²) in [6, 6.07) is 4.09. The van der Waals surface area contributed by atoms with Crippen LogP contribution < -0.4 is 4.90 Å². The van der Waals surface area contributed by atoms with Crippen LogP contribution in [-0.2, 0) is 14.4 Å². The monoisotopic (exact) mass is 344 g/mol. The molecule has 1 aromatic carbocycles. The number of hydrogen-bond donors (Lipinski definition) is 1. The Balaban J connectivity index is 1.75. The number of hydrogen-bond acceptors (Lipinski definition) is 3. The summed E-state index contributed by atoms with van der Waals surface area (Å²) in [5.74, 6) is -1.87. The first-order chi connectivity index (χ1) is 11.8. The first-order valence-electron chi connectivity index (χ1n) is 8.67. The van der Waals surface area contributed by atoms with Gasteiger partial charge in [-0.1, -0.05) is 17.7 Å². The number of anilines is 1. The van der Waals surface area contributed by atoms with Crippen molar-refractivity contribution in [1.29, 1.82) is 0 Å². The Hall–Kier alpha value is -2.37. The summed E-state index contributed by atoms with van der Waals surface area (Å²) in [6.07, 6.45) is 0.682. The number of benzene rings is 1. The van der Waals surface area contributed by atoms with E-state index in [2.05, 4.69) is 0 Å². The summed E-state index contributed by atoms with van der Waals surface area (Å²) >= 11 is 0. The Labute approximate surface area is 147 Å². The van der Waals surface area contributed by atoms with Crippen LogP contribution in [0.4, 0.5) is 5.69 Å². The third-order valence-electron chi connectivity index (χ3n) is 5.23. The second-order valence-corrected chi connectivity index (χ2v) is 7.26. The van der Waals surface area contributed by atoms with Crippen molar-refractivity contribution < 1.29 is 19.5 Å². The molecule has 1 N–H and O–H groups in total. The number of nitrogens with zero attached hydrogens (tertiary/aromatic N) is 2. The molecule has 2 fully saturated rings. The Morgan fingerprint density at radius 2 is 1.72 bits per heavy atom. The van der Waals surface area contributed by atoms with Crippen molar-refractivity contribution in [1.82, 2.24) is 4.90 Å². The Kier molecular flexibility index (Phi) is 4.54. The second kappa shape index (κ2) is 6.50. The van der Waals surface area contributed by atoms with E-state index in [-0.39, 0.29) is 30.7 Å². The molecule has 6 heteroatoms. The molecule has 2 aliphatic heterocycles. The lowest BCUT2D eigenvalue weighted by molar-refractivity contribution is -0.141. The summed E-state index contributed by atoms with van der Waals surface area (Å²) < 4.78 is 0. The fraction of sp³-hybridized carbons (Fsp3) is 0.526. The van der Waals surface area contributed by atoms with Crippen LogP contribution in [-0.4, -0.2) is 47.4 Å². The maximum Gasteiger partial charge on any atom is 0.308 e. The molecule has 0 aliphatic carbocycles. The van der Waals surface area contributed by atoms with Gasteiger partial charge in [-0.25, -0.2) is 0 Å². The van der Waals surface area contributed by atoms with Crippen LogP contribution >= 0.6 is 0 Å². The van der Waals surface area contributed by atoms with Crippen molar-refractivity contribution in [2.75, 3.05) is 24.5 Å². The van der Waals surface area contributed by atoms with Gasteiger partial charge in [-0.15, -0.1) is 0 Å². The van der Waals surface area contributed by atoms with Gasteiger partial charge in [-0.2, -0.15) is 0 Å². The number of carbonyl (C=O) groups is 3. The third-order valence-corrected chi connectivity index (χ3v) is 5.23. The molecule has 2 aliphatic rings. The minimum absolute atomic E-state index is 0.0395. The summed E-state index contributed by atoms with van der Waals surface area (Å²) in [4.78, 5) is 39.7. The summed E-state index contributed by atoms with van der Waals surface area (Å²) in [5, 5.41) is 9.09. The van der Waals surface area contributed by atoms with E-state index in [1.165, 1.54) is 0 Å². The zero-order chi connectivity index (χ0) is 18.3. The average molecular weight is 344 g/mol. The Bertz CT molecular complexity index is 720. The van der Waals surface area contributed by atoms with Gasteiger partial charge < -0.3 is 14.9 Å². The second-order valence-electron chi connectivity index (χ2n) is 7.26. The van der Waals surface area contributed by atoms with Gasteiger partial charge in [0.2, 0.25) is 11.8 Å². The van der Waals surface area contributed by atoms with Crippen molar-refractivity contribution >= 4 is 23.5 Å². The van der Waals surface area contributed by atoms with Crippen molar-refractivity contribution in [3.8, 4) is 0 Å². The molecule has 0 aromatic heterocycles. The highest BCUT2D eigenvalue weighted by molar-refractivity contribution is 6.01. The number of rotatable bonds is 3. The van der Waals surface area contributed by atoms with E-state index in [1.54, 1.807) is 9.80 Å². The molecule has 134 valence electrons. The molecule has 0 saturated carbocycles. The molecule has 2 amide bonds. The van der Waals surface area contributed by atoms with Gasteiger partial charge in [0, 0.05) is 31.7 Å². The molecule has 0 spiro atoms. The fourth-order valence-electron chi connectivity index (χ4n) is 4.11. The predicted octanol–water partition coefficient (Wildman–Crippen LogP) is 1.90. The van der Waals surface area contributed by atoms with Crippen LogP contribution in [0.5, 0.6) is 0 Å². The lowest BCUT2D eigenvalue weighted by Gasteiger charge is -2.23. The van der Waals surface area contributed by atoms with Gasteiger partial charge in [0.25, 0.3) is 0 Å². The van der Waals surface area contributed by atoms with E-state index < -0.39 is 11.9 Å². The van der Waals surface area contributed by atoms with Gasteiger partial charge >= 0.3 is 5.97 Å². The Morgan fingerprint density at radius 1 is 1.08 bits per heavy atom. The van der Waals surface area contributed by atoms with Crippen LogP contribution in [0, 0.1) is 32.6 Å². The van der Waals surface area contributed by atoms with E-state index >= 15 is 0 Å². The van der Waals surface area contributed by atoms with Gasteiger partial charge in [0.1, 0.15) is 0 Å². The number of likely N-dealkylation sites (tertiary alicyclic amines) is 1. The Morgan fingerprint density at radius 3 is 2.28 bits per heavy atom. The highest BCUT2D eigenvalue weighted by Crippen LogP contribution is 2.33. The molecular weight excluding hydrogens is 320 g/mol. The molecule has 25 heavy (non-hydrogen) atoms. The number of carboxylic acids is 1. The van der Waals surface area contributed by atoms with Crippen molar-refractivity contribution in [2.24, 2.45) is 11.8 Å². The van der Waals surface area contributed by atoms with Crippen molar-refractivity contribution in [2.45, 2.75) is 33.6 Å². The topological polar surface area (TPSA) is 77.9 Å². The first-order valence-corrected chi connectivity index (χ1v) is 8.67. The van der Waals surface area contributed by atoms with Gasteiger partial charge in [0.15, 0.2) is 0 Å². The normalized spacial score (nSPS) is 23.4. The SMILES string of the molecule is Cc1cc(C)c(N2C[C@@H](C(=O)N3CC[C@@H](C(=O)O)C3)CC2=O)c(C)c1. The van der Waals surface area contributed by atoms with Gasteiger partial charge in [-0.05, 0) is 38.3 Å². The highest BCUT2D eigenvalue weighted by Gasteiger charge is 2.40. The molecular formula is C19H24N2O4. The van der Waals surface area contributed by atoms with Crippen LogP contribution in [0.2, 0.25) is 0 Å². The number of carboxylic acid groups (broad SMARTS) is 1. The zero-order valence-electron chi connectivity index (χ0n) is 14.9. The standard InChI is InChI=1S/C19H24N2O4/c1-11-6-12(2)17(13(3)7-11)21-10-15(8-16(21)22)18(23)20-5-4-14(9-20)19(24)25/h6-7,14-15H,4-5,8-10H2,1-3H3,(H,24,25)/t14-,15+/m1/s1. The van der Waals surface area contributed by atoms with E-state index in [4.69, 9.17) is 5.11 Å². The molecule has 2 atom stereocenters. The molecule has 1 aromatic rings. The van der Waals surface area contributed by atoms with Crippen molar-refractivity contribution in [3.05, 3.63) is 28.8 Å². The van der Waals surface area contributed by atoms with Crippen molar-refractivity contribution in [3.63, 3.8) is 0 Å². The predicted molar refractivity (Wildman–Crippen MR) is 93.4 cm³/mol. The minimum Gasteiger partial charge on any atom is -0.481 e. The van der Waals surface area contributed by atoms with E-state index in [0.717, 1.165) is 22.4 Å². The molecule has 2 saturated heterocycles. The molecule has 3 rings (SSSR count). The van der Waals surface area contributed by atoms with E-state index in [0.29, 0.717) is 19.5 Å². The van der Waals surface area contributed by atoms with Gasteiger partial charge in [0.05, 0.1) is 11.8 Å². The van der Waals surface area contributed by atoms with Crippen LogP contribution in [0.3, 0.4) is 0 Å². The van der Waals surface area contributed by atoms with E-state index in [9.17, 15) is 14.4 Å². The smallest absolute Gasteiger partial charge is 0.308 e. The maximum absolute atomic E-state index is 12.7. The van der Waals surface area contributed by atoms with Crippen LogP contribution in [0.25, 0.3) is 0 Å². The minimum atomic E-state index is -0.856. The van der Waals surface area contributed by atoms with Crippen LogP contribution in [0.15, 0.2) is 12.1 Å². The van der Waals surface area contributed by atoms with Gasteiger partial charge in [-0.3, -0.25) is 14.4 Å². The first kappa shape index (κ1) is 17.5. The van der Waals surface area contributed by atoms with E-state index in [1.807, 2.05) is 32.9 Å². The molecule has 2 heterocycles. The highest BCUT2D eigenvalue weighted by atomic mass is 16.4. The summed E-state index contributed by atoms with van der Waals surface area (Å²) in [6.45, 7) is 7.07. The average Bonchev–Trinajstić information content (AvgIpc) is 3.13. The number of carbonyl (C=O) groups excluding carboxylic acids is 2. The molecule has 6 nitrogen and oxygen atoms in total. The lowest BCUT2D eigenvalue weighted by Crippen LogP contribution is -2.36. The molecule has 0 bridgehead atoms. The third kappa shape index (κ3) is 3.25. The number of aliphatic carboxylic acids is 1. The molecule has 0 unspecified atom stereocenters. The number of amides is 2. The lowest BCUT2D eigenvalue weighted by atomic mass is 10.0. The summed E-state index contributed by atoms with van der Waals surface area (Å²) in [5.41, 5.74) is 4.11. The molecule has 0 radical (unpaired) electrons. The number of aryl methyl sites for hydroxylation is 3. The van der Waals surface area contributed by atoms with Crippen LogP contribution in [0.1, 0.15) is 29.5 Å². The maximum atomic E-state index is 12.7. The quantitative estimate of drug-likeness (QED) is 0.908. The fourth-order valence-corrected chi connectivity index (χ4v) is 4.11.